The quantitative estimate of drug-likeness (QED) is 0.556. The molecule has 3 aromatic carbocycles. The molecular weight excluding hydrogens is 418 g/mol. The zero-order chi connectivity index (χ0) is 23.2. The first-order chi connectivity index (χ1) is 16.0. The number of rotatable bonds is 8. The lowest BCUT2D eigenvalue weighted by Gasteiger charge is -2.30. The molecule has 170 valence electrons. The number of nitrogens with two attached hydrogens (primary N) is 1. The van der Waals surface area contributed by atoms with Gasteiger partial charge in [0.05, 0.1) is 7.11 Å². The summed E-state index contributed by atoms with van der Waals surface area (Å²) in [6.45, 7) is 1.94. The van der Waals surface area contributed by atoms with Crippen LogP contribution < -0.4 is 25.4 Å². The first kappa shape index (κ1) is 22.2. The molecule has 7 nitrogen and oxygen atoms in total. The molecule has 0 saturated carbocycles. The first-order valence-electron chi connectivity index (χ1n) is 10.8. The number of carbonyl (C=O) groups is 2. The third kappa shape index (κ3) is 5.44. The number of nitrogens with zero attached hydrogens (tertiary/aromatic N) is 1. The standard InChI is InChI=1S/C26H27N3O4/c1-32-24-14-18(6-11-23(24)33-17-25(27)30)15-28-26(31)20-7-9-22(10-8-20)29-13-12-19-4-2-3-5-21(19)16-29/h2-11,14H,12-13,15-17H2,1H3,(H2,27,30)(H,28,31). The Bertz CT molecular complexity index is 1140. The van der Waals surface area contributed by atoms with Crippen molar-refractivity contribution in [3.05, 3.63) is 89.0 Å². The minimum absolute atomic E-state index is 0.154. The minimum atomic E-state index is -0.565. The van der Waals surface area contributed by atoms with Crippen molar-refractivity contribution in [1.82, 2.24) is 5.32 Å². The number of fused-ring (bicyclic) bond motifs is 1. The Morgan fingerprint density at radius 1 is 1.00 bits per heavy atom. The second kappa shape index (κ2) is 10.1. The van der Waals surface area contributed by atoms with E-state index in [1.54, 1.807) is 18.2 Å². The lowest BCUT2D eigenvalue weighted by molar-refractivity contribution is -0.119. The number of nitrogens with one attached hydrogen (secondary N) is 1. The van der Waals surface area contributed by atoms with Gasteiger partial charge < -0.3 is 25.4 Å². The van der Waals surface area contributed by atoms with E-state index in [2.05, 4.69) is 34.5 Å². The molecule has 4 rings (SSSR count). The number of anilines is 1. The van der Waals surface area contributed by atoms with Crippen LogP contribution in [0.1, 0.15) is 27.0 Å². The van der Waals surface area contributed by atoms with E-state index in [-0.39, 0.29) is 12.5 Å². The van der Waals surface area contributed by atoms with Crippen molar-refractivity contribution in [3.63, 3.8) is 0 Å². The average Bonchev–Trinajstić information content (AvgIpc) is 2.86. The first-order valence-corrected chi connectivity index (χ1v) is 10.8. The predicted octanol–water partition coefficient (Wildman–Crippen LogP) is 3.05. The van der Waals surface area contributed by atoms with Crippen LogP contribution in [-0.2, 0) is 24.3 Å². The van der Waals surface area contributed by atoms with Crippen LogP contribution in [0.5, 0.6) is 11.5 Å². The van der Waals surface area contributed by atoms with E-state index in [4.69, 9.17) is 15.2 Å². The Hall–Kier alpha value is -4.00. The summed E-state index contributed by atoms with van der Waals surface area (Å²) >= 11 is 0. The number of hydrogen-bond donors (Lipinski definition) is 2. The molecule has 0 radical (unpaired) electrons. The summed E-state index contributed by atoms with van der Waals surface area (Å²) in [5, 5.41) is 2.93. The van der Waals surface area contributed by atoms with E-state index in [0.29, 0.717) is 23.6 Å². The highest BCUT2D eigenvalue weighted by Crippen LogP contribution is 2.28. The number of ether oxygens (including phenoxy) is 2. The van der Waals surface area contributed by atoms with Crippen LogP contribution in [-0.4, -0.2) is 32.1 Å². The molecule has 0 bridgehead atoms. The summed E-state index contributed by atoms with van der Waals surface area (Å²) in [5.74, 6) is 0.167. The second-order valence-corrected chi connectivity index (χ2v) is 7.91. The van der Waals surface area contributed by atoms with Gasteiger partial charge in [-0.3, -0.25) is 9.59 Å². The van der Waals surface area contributed by atoms with Crippen molar-refractivity contribution < 1.29 is 19.1 Å². The summed E-state index contributed by atoms with van der Waals surface area (Å²) in [4.78, 5) is 25.9. The van der Waals surface area contributed by atoms with Gasteiger partial charge in [-0.15, -0.1) is 0 Å². The van der Waals surface area contributed by atoms with Crippen LogP contribution in [0, 0.1) is 0 Å². The predicted molar refractivity (Wildman–Crippen MR) is 126 cm³/mol. The fourth-order valence-corrected chi connectivity index (χ4v) is 3.91. The van der Waals surface area contributed by atoms with Crippen molar-refractivity contribution in [3.8, 4) is 11.5 Å². The van der Waals surface area contributed by atoms with Crippen LogP contribution in [0.15, 0.2) is 66.7 Å². The van der Waals surface area contributed by atoms with E-state index in [1.165, 1.54) is 18.2 Å². The number of carbonyl (C=O) groups excluding carboxylic acids is 2. The third-order valence-corrected chi connectivity index (χ3v) is 5.68. The van der Waals surface area contributed by atoms with Crippen molar-refractivity contribution in [1.29, 1.82) is 0 Å². The summed E-state index contributed by atoms with van der Waals surface area (Å²) in [6.07, 6.45) is 1.02. The van der Waals surface area contributed by atoms with Gasteiger partial charge in [-0.2, -0.15) is 0 Å². The fourth-order valence-electron chi connectivity index (χ4n) is 3.91. The molecule has 0 saturated heterocycles. The van der Waals surface area contributed by atoms with E-state index in [1.807, 2.05) is 24.3 Å². The van der Waals surface area contributed by atoms with Gasteiger partial charge in [0.2, 0.25) is 0 Å². The fraction of sp³-hybridized carbons (Fsp3) is 0.231. The van der Waals surface area contributed by atoms with Gasteiger partial charge in [0.1, 0.15) is 0 Å². The molecule has 3 aromatic rings. The van der Waals surface area contributed by atoms with Crippen molar-refractivity contribution in [2.75, 3.05) is 25.2 Å². The molecule has 0 unspecified atom stereocenters. The number of methoxy groups -OCH3 is 1. The number of hydrogen-bond acceptors (Lipinski definition) is 5. The molecule has 1 aliphatic heterocycles. The van der Waals surface area contributed by atoms with Crippen LogP contribution in [0.4, 0.5) is 5.69 Å². The normalized spacial score (nSPS) is 12.6. The maximum absolute atomic E-state index is 12.6. The van der Waals surface area contributed by atoms with Gasteiger partial charge in [0.25, 0.3) is 11.8 Å². The lowest BCUT2D eigenvalue weighted by Crippen LogP contribution is -2.30. The summed E-state index contributed by atoms with van der Waals surface area (Å²) < 4.78 is 10.6. The van der Waals surface area contributed by atoms with Gasteiger partial charge in [-0.1, -0.05) is 30.3 Å². The van der Waals surface area contributed by atoms with Crippen LogP contribution >= 0.6 is 0 Å². The molecule has 3 N–H and O–H groups in total. The highest BCUT2D eigenvalue weighted by atomic mass is 16.5. The Labute approximate surface area is 193 Å². The molecule has 0 aromatic heterocycles. The Kier molecular flexibility index (Phi) is 6.78. The van der Waals surface area contributed by atoms with Crippen molar-refractivity contribution in [2.24, 2.45) is 5.73 Å². The highest BCUT2D eigenvalue weighted by Gasteiger charge is 2.16. The van der Waals surface area contributed by atoms with Crippen LogP contribution in [0.2, 0.25) is 0 Å². The van der Waals surface area contributed by atoms with Crippen molar-refractivity contribution >= 4 is 17.5 Å². The summed E-state index contributed by atoms with van der Waals surface area (Å²) in [7, 11) is 1.51. The molecule has 0 aliphatic carbocycles. The number of amides is 2. The van der Waals surface area contributed by atoms with Gasteiger partial charge in [-0.25, -0.2) is 0 Å². The molecule has 7 heteroatoms. The zero-order valence-corrected chi connectivity index (χ0v) is 18.5. The van der Waals surface area contributed by atoms with Gasteiger partial charge in [-0.05, 0) is 59.5 Å². The number of benzene rings is 3. The van der Waals surface area contributed by atoms with E-state index in [9.17, 15) is 9.59 Å². The molecule has 1 aliphatic rings. The van der Waals surface area contributed by atoms with Gasteiger partial charge >= 0.3 is 0 Å². The maximum Gasteiger partial charge on any atom is 0.255 e. The zero-order valence-electron chi connectivity index (χ0n) is 18.5. The summed E-state index contributed by atoms with van der Waals surface area (Å²) in [5.41, 5.74) is 10.4. The van der Waals surface area contributed by atoms with Crippen LogP contribution in [0.25, 0.3) is 0 Å². The number of primary amides is 1. The molecule has 1 heterocycles. The van der Waals surface area contributed by atoms with E-state index >= 15 is 0 Å². The molecular formula is C26H27N3O4. The molecule has 0 fully saturated rings. The monoisotopic (exact) mass is 445 g/mol. The van der Waals surface area contributed by atoms with E-state index < -0.39 is 5.91 Å². The molecule has 33 heavy (non-hydrogen) atoms. The van der Waals surface area contributed by atoms with Gasteiger partial charge in [0, 0.05) is 30.9 Å². The average molecular weight is 446 g/mol. The Balaban J connectivity index is 1.35. The van der Waals surface area contributed by atoms with Gasteiger partial charge in [0.15, 0.2) is 18.1 Å². The Morgan fingerprint density at radius 2 is 1.76 bits per heavy atom. The summed E-state index contributed by atoms with van der Waals surface area (Å²) in [6, 6.07) is 21.5. The second-order valence-electron chi connectivity index (χ2n) is 7.91. The smallest absolute Gasteiger partial charge is 0.255 e. The third-order valence-electron chi connectivity index (χ3n) is 5.68. The molecule has 0 atom stereocenters. The molecule has 0 spiro atoms. The van der Waals surface area contributed by atoms with Crippen LogP contribution in [0.3, 0.4) is 0 Å². The Morgan fingerprint density at radius 3 is 2.48 bits per heavy atom. The highest BCUT2D eigenvalue weighted by molar-refractivity contribution is 5.94. The van der Waals surface area contributed by atoms with E-state index in [0.717, 1.165) is 30.8 Å². The topological polar surface area (TPSA) is 93.9 Å². The van der Waals surface area contributed by atoms with Crippen molar-refractivity contribution in [2.45, 2.75) is 19.5 Å². The SMILES string of the molecule is COc1cc(CNC(=O)c2ccc(N3CCc4ccccc4C3)cc2)ccc1OCC(N)=O. The maximum atomic E-state index is 12.6. The largest absolute Gasteiger partial charge is 0.493 e. The lowest BCUT2D eigenvalue weighted by atomic mass is 9.99. The molecule has 2 amide bonds. The minimum Gasteiger partial charge on any atom is -0.493 e.